The SMILES string of the molecule is CC[Si](CC)(CC)O[C@H](CCCOCc1ccccc1)[C@@H](C)[C@H](O)[C@H](C)[C@@H]1CC[C@H]([C@@H](C)CO[Si](c2ccccc2)(c2ccccc2)C(C)(C)C)O1. The molecule has 1 fully saturated rings. The monoisotopic (exact) mass is 746 g/mol. The van der Waals surface area contributed by atoms with Crippen LogP contribution in [0.25, 0.3) is 0 Å². The van der Waals surface area contributed by atoms with Crippen molar-refractivity contribution in [1.29, 1.82) is 0 Å². The predicted octanol–water partition coefficient (Wildman–Crippen LogP) is 9.77. The van der Waals surface area contributed by atoms with Gasteiger partial charge in [-0.2, -0.15) is 0 Å². The normalized spacial score (nSPS) is 20.0. The van der Waals surface area contributed by atoms with Gasteiger partial charge < -0.3 is 23.4 Å². The Morgan fingerprint density at radius 3 is 1.81 bits per heavy atom. The van der Waals surface area contributed by atoms with Crippen LogP contribution in [-0.2, 0) is 24.9 Å². The van der Waals surface area contributed by atoms with Gasteiger partial charge in [0.05, 0.1) is 31.0 Å². The zero-order valence-electron chi connectivity index (χ0n) is 33.9. The number of hydrogen-bond donors (Lipinski definition) is 1. The van der Waals surface area contributed by atoms with E-state index < -0.39 is 22.7 Å². The van der Waals surface area contributed by atoms with E-state index in [9.17, 15) is 5.11 Å². The Labute approximate surface area is 319 Å². The summed E-state index contributed by atoms with van der Waals surface area (Å²) < 4.78 is 27.3. The van der Waals surface area contributed by atoms with Crippen LogP contribution in [0.15, 0.2) is 91.0 Å². The molecule has 288 valence electrons. The van der Waals surface area contributed by atoms with Crippen molar-refractivity contribution < 1.29 is 23.4 Å². The summed E-state index contributed by atoms with van der Waals surface area (Å²) in [4.78, 5) is 0. The molecule has 1 heterocycles. The number of benzene rings is 3. The highest BCUT2D eigenvalue weighted by Gasteiger charge is 2.51. The van der Waals surface area contributed by atoms with E-state index in [4.69, 9.17) is 18.3 Å². The second-order valence-electron chi connectivity index (χ2n) is 16.5. The first-order valence-electron chi connectivity index (χ1n) is 20.3. The van der Waals surface area contributed by atoms with Crippen LogP contribution in [-0.4, -0.2) is 59.4 Å². The molecule has 0 amide bonds. The first kappa shape index (κ1) is 42.6. The van der Waals surface area contributed by atoms with Crippen molar-refractivity contribution in [3.8, 4) is 0 Å². The van der Waals surface area contributed by atoms with Crippen LogP contribution in [0.4, 0.5) is 0 Å². The van der Waals surface area contributed by atoms with Gasteiger partial charge in [-0.1, -0.05) is 153 Å². The molecule has 1 aliphatic rings. The first-order chi connectivity index (χ1) is 24.9. The molecule has 0 spiro atoms. The Morgan fingerprint density at radius 2 is 1.29 bits per heavy atom. The van der Waals surface area contributed by atoms with Gasteiger partial charge in [-0.25, -0.2) is 0 Å². The lowest BCUT2D eigenvalue weighted by Crippen LogP contribution is -2.67. The number of aliphatic hydroxyl groups excluding tert-OH is 1. The summed E-state index contributed by atoms with van der Waals surface area (Å²) in [6.07, 6.45) is 3.34. The first-order valence-corrected chi connectivity index (χ1v) is 24.7. The summed E-state index contributed by atoms with van der Waals surface area (Å²) in [5.41, 5.74) is 1.20. The van der Waals surface area contributed by atoms with Crippen LogP contribution in [0.2, 0.25) is 23.2 Å². The van der Waals surface area contributed by atoms with E-state index in [1.54, 1.807) is 0 Å². The van der Waals surface area contributed by atoms with Crippen molar-refractivity contribution in [2.24, 2.45) is 17.8 Å². The average molecular weight is 747 g/mol. The van der Waals surface area contributed by atoms with E-state index in [2.05, 4.69) is 147 Å². The Hall–Kier alpha value is -2.11. The van der Waals surface area contributed by atoms with Crippen LogP contribution in [0.5, 0.6) is 0 Å². The van der Waals surface area contributed by atoms with Crippen LogP contribution in [0, 0.1) is 17.8 Å². The van der Waals surface area contributed by atoms with E-state index in [1.807, 2.05) is 6.07 Å². The van der Waals surface area contributed by atoms with Crippen LogP contribution in [0.3, 0.4) is 0 Å². The lowest BCUT2D eigenvalue weighted by atomic mass is 9.84. The summed E-state index contributed by atoms with van der Waals surface area (Å²) in [7, 11) is -4.51. The molecule has 3 aromatic carbocycles. The number of aliphatic hydroxyl groups is 1. The van der Waals surface area contributed by atoms with Crippen molar-refractivity contribution in [3.05, 3.63) is 96.6 Å². The molecule has 52 heavy (non-hydrogen) atoms. The number of hydrogen-bond acceptors (Lipinski definition) is 5. The molecule has 1 saturated heterocycles. The highest BCUT2D eigenvalue weighted by molar-refractivity contribution is 6.99. The molecular weight excluding hydrogens is 677 g/mol. The fraction of sp³-hybridized carbons (Fsp3) is 0.600. The minimum absolute atomic E-state index is 0.000249. The third-order valence-electron chi connectivity index (χ3n) is 12.2. The summed E-state index contributed by atoms with van der Waals surface area (Å²) in [5.74, 6) is 0.232. The molecule has 7 atom stereocenters. The van der Waals surface area contributed by atoms with Crippen molar-refractivity contribution in [2.45, 2.75) is 142 Å². The zero-order chi connectivity index (χ0) is 37.8. The minimum Gasteiger partial charge on any atom is -0.414 e. The highest BCUT2D eigenvalue weighted by atomic mass is 28.4. The van der Waals surface area contributed by atoms with E-state index in [1.165, 1.54) is 15.9 Å². The topological polar surface area (TPSA) is 57.2 Å². The van der Waals surface area contributed by atoms with E-state index in [-0.39, 0.29) is 41.1 Å². The van der Waals surface area contributed by atoms with E-state index in [0.717, 1.165) is 43.8 Å². The number of rotatable bonds is 21. The van der Waals surface area contributed by atoms with Crippen LogP contribution < -0.4 is 10.4 Å². The number of ether oxygens (including phenoxy) is 2. The van der Waals surface area contributed by atoms with Crippen LogP contribution in [0.1, 0.15) is 93.6 Å². The molecule has 1 aliphatic heterocycles. The third-order valence-corrected chi connectivity index (χ3v) is 21.8. The maximum atomic E-state index is 12.0. The molecule has 0 aliphatic carbocycles. The predicted molar refractivity (Wildman–Crippen MR) is 222 cm³/mol. The lowest BCUT2D eigenvalue weighted by molar-refractivity contribution is -0.0755. The molecule has 0 unspecified atom stereocenters. The smallest absolute Gasteiger partial charge is 0.261 e. The highest BCUT2D eigenvalue weighted by Crippen LogP contribution is 2.39. The van der Waals surface area contributed by atoms with Gasteiger partial charge in [0.15, 0.2) is 8.32 Å². The van der Waals surface area contributed by atoms with Gasteiger partial charge in [-0.3, -0.25) is 0 Å². The molecule has 0 radical (unpaired) electrons. The second kappa shape index (κ2) is 20.0. The van der Waals surface area contributed by atoms with E-state index >= 15 is 0 Å². The largest absolute Gasteiger partial charge is 0.414 e. The van der Waals surface area contributed by atoms with Gasteiger partial charge in [0.1, 0.15) is 0 Å². The van der Waals surface area contributed by atoms with Crippen molar-refractivity contribution in [1.82, 2.24) is 0 Å². The fourth-order valence-corrected chi connectivity index (χ4v) is 16.1. The molecular formula is C45H70O5Si2. The minimum atomic E-state index is -2.63. The molecule has 4 rings (SSSR count). The Balaban J connectivity index is 1.40. The summed E-state index contributed by atoms with van der Waals surface area (Å²) in [5, 5.41) is 14.5. The van der Waals surface area contributed by atoms with Gasteiger partial charge in [0.2, 0.25) is 0 Å². The molecule has 3 aromatic rings. The average Bonchev–Trinajstić information content (AvgIpc) is 3.67. The van der Waals surface area contributed by atoms with Gasteiger partial charge in [-0.05, 0) is 64.8 Å². The zero-order valence-corrected chi connectivity index (χ0v) is 35.9. The molecule has 0 aromatic heterocycles. The van der Waals surface area contributed by atoms with Crippen molar-refractivity contribution in [2.75, 3.05) is 13.2 Å². The molecule has 7 heteroatoms. The Bertz CT molecular complexity index is 1360. The standard InChI is InChI=1S/C45H70O5Si2/c1-10-51(11-2,12-3)50-43(29-22-32-47-34-38-23-16-13-17-24-38)37(6)44(46)36(5)42-31-30-41(49-42)35(4)33-48-52(45(7,8)9,39-25-18-14-19-26-39)40-27-20-15-21-28-40/h13-21,23-28,35-37,41-44,46H,10-12,22,29-34H2,1-9H3/t35-,36+,37+,41+,42-,43+,44+/m0/s1. The maximum Gasteiger partial charge on any atom is 0.261 e. The van der Waals surface area contributed by atoms with Gasteiger partial charge in [0, 0.05) is 31.0 Å². The maximum absolute atomic E-state index is 12.0. The molecule has 1 N–H and O–H groups in total. The van der Waals surface area contributed by atoms with Gasteiger partial charge in [-0.15, -0.1) is 0 Å². The molecule has 5 nitrogen and oxygen atoms in total. The van der Waals surface area contributed by atoms with Crippen molar-refractivity contribution in [3.63, 3.8) is 0 Å². The summed E-state index contributed by atoms with van der Waals surface area (Å²) in [6, 6.07) is 35.4. The van der Waals surface area contributed by atoms with Gasteiger partial charge in [0.25, 0.3) is 8.32 Å². The quantitative estimate of drug-likeness (QED) is 0.0870. The van der Waals surface area contributed by atoms with E-state index in [0.29, 0.717) is 19.8 Å². The second-order valence-corrected chi connectivity index (χ2v) is 25.6. The molecule has 0 bridgehead atoms. The summed E-state index contributed by atoms with van der Waals surface area (Å²) >= 11 is 0. The molecule has 0 saturated carbocycles. The van der Waals surface area contributed by atoms with Crippen LogP contribution >= 0.6 is 0 Å². The Morgan fingerprint density at radius 1 is 0.769 bits per heavy atom. The van der Waals surface area contributed by atoms with Crippen molar-refractivity contribution >= 4 is 27.0 Å². The summed E-state index contributed by atoms with van der Waals surface area (Å²) in [6.45, 7) is 22.5. The third kappa shape index (κ3) is 10.6. The van der Waals surface area contributed by atoms with Gasteiger partial charge >= 0.3 is 0 Å². The fourth-order valence-electron chi connectivity index (χ4n) is 8.44. The Kier molecular flexibility index (Phi) is 16.4. The lowest BCUT2D eigenvalue weighted by Gasteiger charge is -2.44.